The number of halogens is 1. The summed E-state index contributed by atoms with van der Waals surface area (Å²) in [7, 11) is 1.53. The van der Waals surface area contributed by atoms with Crippen molar-refractivity contribution in [2.24, 2.45) is 0 Å². The maximum atomic E-state index is 12.9. The van der Waals surface area contributed by atoms with Crippen LogP contribution in [0.2, 0.25) is 0 Å². The van der Waals surface area contributed by atoms with Crippen LogP contribution < -0.4 is 20.3 Å². The lowest BCUT2D eigenvalue weighted by Gasteiger charge is -2.15. The minimum Gasteiger partial charge on any atom is -0.497 e. The quantitative estimate of drug-likeness (QED) is 0.490. The number of carbonyl (C=O) groups excluding carboxylic acids is 3. The largest absolute Gasteiger partial charge is 0.497 e. The van der Waals surface area contributed by atoms with Crippen LogP contribution in [0, 0.1) is 13.8 Å². The summed E-state index contributed by atoms with van der Waals surface area (Å²) in [5, 5.41) is 5.60. The highest BCUT2D eigenvalue weighted by atomic mass is 35.5. The fourth-order valence-corrected chi connectivity index (χ4v) is 3.72. The summed E-state index contributed by atoms with van der Waals surface area (Å²) in [6, 6.07) is 18.8. The molecule has 7 nitrogen and oxygen atoms in total. The number of anilines is 3. The predicted octanol–water partition coefficient (Wildman–Crippen LogP) is 5.00. The third kappa shape index (κ3) is 4.38. The van der Waals surface area contributed by atoms with Crippen LogP contribution in [0.5, 0.6) is 5.75 Å². The van der Waals surface area contributed by atoms with E-state index in [2.05, 4.69) is 10.6 Å². The van der Waals surface area contributed by atoms with Crippen molar-refractivity contribution in [1.82, 2.24) is 0 Å². The number of rotatable bonds is 6. The van der Waals surface area contributed by atoms with Crippen LogP contribution in [0.3, 0.4) is 0 Å². The Bertz CT molecular complexity index is 1310. The number of ether oxygens (including phenoxy) is 1. The van der Waals surface area contributed by atoms with Crippen molar-refractivity contribution in [3.8, 4) is 5.75 Å². The second-order valence-corrected chi connectivity index (χ2v) is 8.11. The van der Waals surface area contributed by atoms with Crippen LogP contribution in [0.25, 0.3) is 0 Å². The van der Waals surface area contributed by atoms with Crippen LogP contribution >= 0.6 is 11.6 Å². The van der Waals surface area contributed by atoms with Crippen LogP contribution in [0.15, 0.2) is 77.5 Å². The molecule has 0 fully saturated rings. The maximum absolute atomic E-state index is 12.9. The molecule has 0 saturated carbocycles. The van der Waals surface area contributed by atoms with Crippen molar-refractivity contribution in [3.05, 3.63) is 94.1 Å². The Balaban J connectivity index is 1.48. The standard InChI is InChI=1S/C26H22ClN3O4/c1-15-5-4-6-21(16(15)2)29-24(31)17-7-9-18(10-8-17)28-23-22(27)25(32)30(26(23)33)19-11-13-20(34-3)14-12-19/h4-14,28H,1-3H3,(H,29,31). The van der Waals surface area contributed by atoms with Crippen molar-refractivity contribution in [2.45, 2.75) is 13.8 Å². The van der Waals surface area contributed by atoms with Crippen LogP contribution in [0.1, 0.15) is 21.5 Å². The molecule has 0 atom stereocenters. The number of aryl methyl sites for hydroxylation is 1. The molecule has 8 heteroatoms. The van der Waals surface area contributed by atoms with E-state index in [-0.39, 0.29) is 16.6 Å². The third-order valence-electron chi connectivity index (χ3n) is 5.63. The van der Waals surface area contributed by atoms with E-state index in [1.807, 2.05) is 32.0 Å². The molecule has 3 aromatic rings. The van der Waals surface area contributed by atoms with Crippen molar-refractivity contribution in [1.29, 1.82) is 0 Å². The second-order valence-electron chi connectivity index (χ2n) is 7.74. The third-order valence-corrected chi connectivity index (χ3v) is 5.98. The number of benzene rings is 3. The Hall–Kier alpha value is -4.10. The van der Waals surface area contributed by atoms with Gasteiger partial charge in [0.25, 0.3) is 17.7 Å². The van der Waals surface area contributed by atoms with E-state index in [1.165, 1.54) is 7.11 Å². The SMILES string of the molecule is COc1ccc(N2C(=O)C(Cl)=C(Nc3ccc(C(=O)Nc4cccc(C)c4C)cc3)C2=O)cc1. The summed E-state index contributed by atoms with van der Waals surface area (Å²) in [4.78, 5) is 39.2. The van der Waals surface area contributed by atoms with Crippen LogP contribution in [0.4, 0.5) is 17.1 Å². The van der Waals surface area contributed by atoms with Gasteiger partial charge in [-0.2, -0.15) is 0 Å². The fraction of sp³-hybridized carbons (Fsp3) is 0.115. The van der Waals surface area contributed by atoms with Gasteiger partial charge in [-0.1, -0.05) is 23.7 Å². The first-order valence-electron chi connectivity index (χ1n) is 10.5. The van der Waals surface area contributed by atoms with Gasteiger partial charge in [0.2, 0.25) is 0 Å². The molecule has 2 N–H and O–H groups in total. The molecule has 3 aromatic carbocycles. The zero-order chi connectivity index (χ0) is 24.4. The van der Waals surface area contributed by atoms with Crippen molar-refractivity contribution < 1.29 is 19.1 Å². The normalized spacial score (nSPS) is 13.4. The molecule has 0 spiro atoms. The summed E-state index contributed by atoms with van der Waals surface area (Å²) in [5.41, 5.74) is 4.13. The summed E-state index contributed by atoms with van der Waals surface area (Å²) in [6.45, 7) is 3.93. The average Bonchev–Trinajstić information content (AvgIpc) is 3.05. The molecule has 0 unspecified atom stereocenters. The second kappa shape index (κ2) is 9.41. The van der Waals surface area contributed by atoms with E-state index in [9.17, 15) is 14.4 Å². The molecule has 0 saturated heterocycles. The van der Waals surface area contributed by atoms with E-state index >= 15 is 0 Å². The molecule has 0 aromatic heterocycles. The molecule has 0 bridgehead atoms. The van der Waals surface area contributed by atoms with Gasteiger partial charge in [-0.05, 0) is 79.6 Å². The number of carbonyl (C=O) groups is 3. The Morgan fingerprint density at radius 2 is 1.59 bits per heavy atom. The molecule has 34 heavy (non-hydrogen) atoms. The van der Waals surface area contributed by atoms with Gasteiger partial charge in [-0.3, -0.25) is 14.4 Å². The van der Waals surface area contributed by atoms with E-state index < -0.39 is 11.8 Å². The number of hydrogen-bond acceptors (Lipinski definition) is 5. The topological polar surface area (TPSA) is 87.7 Å². The minimum absolute atomic E-state index is 0.0323. The lowest BCUT2D eigenvalue weighted by molar-refractivity contribution is -0.120. The van der Waals surface area contributed by atoms with Crippen molar-refractivity contribution in [3.63, 3.8) is 0 Å². The highest BCUT2D eigenvalue weighted by Gasteiger charge is 2.39. The summed E-state index contributed by atoms with van der Waals surface area (Å²) >= 11 is 6.19. The van der Waals surface area contributed by atoms with Crippen LogP contribution in [-0.4, -0.2) is 24.8 Å². The van der Waals surface area contributed by atoms with Gasteiger partial charge < -0.3 is 15.4 Å². The first-order valence-corrected chi connectivity index (χ1v) is 10.8. The monoisotopic (exact) mass is 475 g/mol. The average molecular weight is 476 g/mol. The van der Waals surface area contributed by atoms with Crippen molar-refractivity contribution >= 4 is 46.4 Å². The fourth-order valence-electron chi connectivity index (χ4n) is 3.51. The molecule has 1 aliphatic heterocycles. The Kier molecular flexibility index (Phi) is 6.38. The molecule has 0 aliphatic carbocycles. The molecular weight excluding hydrogens is 454 g/mol. The number of amides is 3. The Labute approximate surface area is 202 Å². The van der Waals surface area contributed by atoms with Crippen molar-refractivity contribution in [2.75, 3.05) is 22.6 Å². The lowest BCUT2D eigenvalue weighted by Crippen LogP contribution is -2.32. The van der Waals surface area contributed by atoms with Gasteiger partial charge in [0, 0.05) is 16.9 Å². The van der Waals surface area contributed by atoms with Gasteiger partial charge in [-0.25, -0.2) is 4.90 Å². The minimum atomic E-state index is -0.621. The van der Waals surface area contributed by atoms with Gasteiger partial charge in [0.05, 0.1) is 12.8 Å². The number of imide groups is 1. The molecule has 3 amide bonds. The number of nitrogens with zero attached hydrogens (tertiary/aromatic N) is 1. The summed E-state index contributed by atoms with van der Waals surface area (Å²) in [5.74, 6) is -0.849. The molecule has 4 rings (SSSR count). The Morgan fingerprint density at radius 3 is 2.24 bits per heavy atom. The summed E-state index contributed by atoms with van der Waals surface area (Å²) in [6.07, 6.45) is 0. The van der Waals surface area contributed by atoms with Gasteiger partial charge in [0.1, 0.15) is 16.5 Å². The molecule has 0 radical (unpaired) electrons. The highest BCUT2D eigenvalue weighted by molar-refractivity contribution is 6.53. The number of methoxy groups -OCH3 is 1. The van der Waals surface area contributed by atoms with E-state index in [4.69, 9.17) is 16.3 Å². The first kappa shape index (κ1) is 23.1. The first-order chi connectivity index (χ1) is 16.3. The molecular formula is C26H22ClN3O4. The zero-order valence-corrected chi connectivity index (χ0v) is 19.6. The van der Waals surface area contributed by atoms with Crippen LogP contribution in [-0.2, 0) is 9.59 Å². The van der Waals surface area contributed by atoms with Gasteiger partial charge in [-0.15, -0.1) is 0 Å². The summed E-state index contributed by atoms with van der Waals surface area (Å²) < 4.78 is 5.11. The highest BCUT2D eigenvalue weighted by Crippen LogP contribution is 2.31. The molecule has 1 aliphatic rings. The van der Waals surface area contributed by atoms with Gasteiger partial charge in [0.15, 0.2) is 0 Å². The van der Waals surface area contributed by atoms with E-state index in [0.717, 1.165) is 21.7 Å². The maximum Gasteiger partial charge on any atom is 0.283 e. The molecule has 172 valence electrons. The molecule has 1 heterocycles. The number of hydrogen-bond donors (Lipinski definition) is 2. The Morgan fingerprint density at radius 1 is 0.912 bits per heavy atom. The van der Waals surface area contributed by atoms with E-state index in [0.29, 0.717) is 22.7 Å². The smallest absolute Gasteiger partial charge is 0.283 e. The van der Waals surface area contributed by atoms with Gasteiger partial charge >= 0.3 is 0 Å². The van der Waals surface area contributed by atoms with E-state index in [1.54, 1.807) is 48.5 Å². The number of nitrogens with one attached hydrogen (secondary N) is 2. The lowest BCUT2D eigenvalue weighted by atomic mass is 10.1. The zero-order valence-electron chi connectivity index (χ0n) is 18.8. The predicted molar refractivity (Wildman–Crippen MR) is 132 cm³/mol.